The van der Waals surface area contributed by atoms with Gasteiger partial charge in [-0.15, -0.1) is 0 Å². The van der Waals surface area contributed by atoms with Crippen LogP contribution in [0.5, 0.6) is 0 Å². The van der Waals surface area contributed by atoms with Crippen LogP contribution in [0.2, 0.25) is 52.4 Å². The fourth-order valence-electron chi connectivity index (χ4n) is 5.94. The summed E-state index contributed by atoms with van der Waals surface area (Å²) >= 11 is 0. The summed E-state index contributed by atoms with van der Waals surface area (Å²) in [4.78, 5) is 25.7. The zero-order chi connectivity index (χ0) is 23.9. The predicted octanol–water partition coefficient (Wildman–Crippen LogP) is 5.13. The molecule has 6 nitrogen and oxygen atoms in total. The van der Waals surface area contributed by atoms with E-state index in [0.717, 1.165) is 0 Å². The molecular formula is C22H34N2O4Si4. The van der Waals surface area contributed by atoms with E-state index in [2.05, 4.69) is 60.2 Å². The number of carbonyl (C=O) groups excluding carboxylic acids is 2. The van der Waals surface area contributed by atoms with Gasteiger partial charge in [-0.05, 0) is 76.6 Å². The van der Waals surface area contributed by atoms with Gasteiger partial charge in [-0.3, -0.25) is 0 Å². The lowest BCUT2D eigenvalue weighted by Gasteiger charge is -2.73. The van der Waals surface area contributed by atoms with Crippen LogP contribution in [0.1, 0.15) is 20.7 Å². The Morgan fingerprint density at radius 2 is 0.906 bits per heavy atom. The van der Waals surface area contributed by atoms with Gasteiger partial charge in [-0.1, -0.05) is 36.4 Å². The monoisotopic (exact) mass is 502 g/mol. The standard InChI is InChI=1S/C22H34N2O4Si4/c1-29(2)23(31(5,6)27-21(25)19-15-11-9-12-16-19)30(3,4)24(29)32(7,8)28-22(26)20-17-13-10-14-18-20/h9-18H,1-8H3. The third-order valence-electron chi connectivity index (χ3n) is 5.97. The third-order valence-corrected chi connectivity index (χ3v) is 33.5. The molecule has 0 saturated carbocycles. The van der Waals surface area contributed by atoms with Crippen molar-refractivity contribution in [2.75, 3.05) is 0 Å². The van der Waals surface area contributed by atoms with Gasteiger partial charge in [-0.25, -0.2) is 9.59 Å². The maximum atomic E-state index is 12.9. The van der Waals surface area contributed by atoms with Gasteiger partial charge in [0.15, 0.2) is 16.8 Å². The molecule has 3 rings (SSSR count). The topological polar surface area (TPSA) is 59.1 Å². The van der Waals surface area contributed by atoms with Gasteiger partial charge in [0.05, 0.1) is 11.1 Å². The average molecular weight is 503 g/mol. The second kappa shape index (κ2) is 8.50. The Morgan fingerprint density at radius 3 is 1.19 bits per heavy atom. The Balaban J connectivity index is 1.82. The van der Waals surface area contributed by atoms with Crippen LogP contribution in [0.4, 0.5) is 0 Å². The highest BCUT2D eigenvalue weighted by atomic mass is 28.6. The first-order valence-corrected chi connectivity index (χ1v) is 22.4. The van der Waals surface area contributed by atoms with E-state index in [4.69, 9.17) is 8.85 Å². The van der Waals surface area contributed by atoms with Crippen molar-refractivity contribution >= 4 is 45.7 Å². The minimum atomic E-state index is -2.51. The predicted molar refractivity (Wildman–Crippen MR) is 137 cm³/mol. The van der Waals surface area contributed by atoms with Crippen molar-refractivity contribution in [3.05, 3.63) is 71.8 Å². The Labute approximate surface area is 195 Å². The summed E-state index contributed by atoms with van der Waals surface area (Å²) in [5.41, 5.74) is 1.16. The minimum absolute atomic E-state index is 0.262. The average Bonchev–Trinajstić information content (AvgIpc) is 2.66. The van der Waals surface area contributed by atoms with Crippen LogP contribution >= 0.6 is 0 Å². The van der Waals surface area contributed by atoms with E-state index in [1.165, 1.54) is 0 Å². The fourth-order valence-corrected chi connectivity index (χ4v) is 43.6. The Hall–Kier alpha value is -1.83. The molecule has 0 radical (unpaired) electrons. The summed E-state index contributed by atoms with van der Waals surface area (Å²) in [5, 5.41) is 0. The maximum absolute atomic E-state index is 12.9. The Bertz CT molecular complexity index is 904. The molecule has 0 bridgehead atoms. The molecule has 172 valence electrons. The summed E-state index contributed by atoms with van der Waals surface area (Å²) in [5.74, 6) is -0.523. The van der Waals surface area contributed by atoms with E-state index in [9.17, 15) is 9.59 Å². The molecule has 1 heterocycles. The van der Waals surface area contributed by atoms with Crippen molar-refractivity contribution in [1.82, 2.24) is 7.79 Å². The van der Waals surface area contributed by atoms with Crippen molar-refractivity contribution in [3.63, 3.8) is 0 Å². The molecule has 1 saturated heterocycles. The van der Waals surface area contributed by atoms with Crippen LogP contribution in [-0.2, 0) is 8.85 Å². The number of rotatable bonds is 6. The summed E-state index contributed by atoms with van der Waals surface area (Å²) in [7, 11) is -9.34. The van der Waals surface area contributed by atoms with Crippen LogP contribution < -0.4 is 0 Å². The van der Waals surface area contributed by atoms with E-state index in [1.54, 1.807) is 24.3 Å². The van der Waals surface area contributed by atoms with Crippen molar-refractivity contribution in [2.24, 2.45) is 0 Å². The number of carbonyl (C=O) groups is 2. The molecule has 0 atom stereocenters. The highest BCUT2D eigenvalue weighted by Crippen LogP contribution is 2.46. The summed E-state index contributed by atoms with van der Waals surface area (Å²) < 4.78 is 17.5. The quantitative estimate of drug-likeness (QED) is 0.511. The summed E-state index contributed by atoms with van der Waals surface area (Å²) in [6.07, 6.45) is 0. The highest BCUT2D eigenvalue weighted by molar-refractivity contribution is 7.19. The first kappa shape index (κ1) is 24.8. The Morgan fingerprint density at radius 1 is 0.625 bits per heavy atom. The van der Waals surface area contributed by atoms with Gasteiger partial charge < -0.3 is 16.6 Å². The molecule has 1 aliphatic heterocycles. The van der Waals surface area contributed by atoms with Crippen molar-refractivity contribution in [3.8, 4) is 0 Å². The number of hydrogen-bond donors (Lipinski definition) is 0. The highest BCUT2D eigenvalue weighted by Gasteiger charge is 2.71. The maximum Gasteiger partial charge on any atom is 0.325 e. The van der Waals surface area contributed by atoms with Crippen molar-refractivity contribution in [2.45, 2.75) is 52.4 Å². The van der Waals surface area contributed by atoms with Gasteiger partial charge in [0.1, 0.15) is 0 Å². The molecule has 0 N–H and O–H groups in total. The lowest BCUT2D eigenvalue weighted by atomic mass is 10.2. The smallest absolute Gasteiger partial charge is 0.325 e. The first-order valence-electron chi connectivity index (χ1n) is 10.9. The number of benzene rings is 2. The lowest BCUT2D eigenvalue weighted by Crippen LogP contribution is -2.98. The molecule has 32 heavy (non-hydrogen) atoms. The summed E-state index contributed by atoms with van der Waals surface area (Å²) in [6, 6.07) is 18.3. The lowest BCUT2D eigenvalue weighted by molar-refractivity contribution is 0.0708. The van der Waals surface area contributed by atoms with Crippen LogP contribution in [-0.4, -0.2) is 53.5 Å². The van der Waals surface area contributed by atoms with E-state index in [1.807, 2.05) is 36.4 Å². The Kier molecular flexibility index (Phi) is 6.59. The minimum Gasteiger partial charge on any atom is -0.503 e. The number of nitrogens with zero attached hydrogens (tertiary/aromatic N) is 2. The molecule has 0 aromatic heterocycles. The van der Waals surface area contributed by atoms with Crippen molar-refractivity contribution < 1.29 is 18.4 Å². The van der Waals surface area contributed by atoms with Crippen LogP contribution in [0.3, 0.4) is 0 Å². The van der Waals surface area contributed by atoms with Gasteiger partial charge in [-0.2, -0.15) is 0 Å². The third kappa shape index (κ3) is 4.47. The first-order chi connectivity index (χ1) is 14.7. The molecule has 1 aliphatic rings. The largest absolute Gasteiger partial charge is 0.503 e. The van der Waals surface area contributed by atoms with E-state index >= 15 is 0 Å². The van der Waals surface area contributed by atoms with Gasteiger partial charge in [0, 0.05) is 0 Å². The molecule has 0 spiro atoms. The molecule has 0 aliphatic carbocycles. The molecule has 10 heteroatoms. The molecule has 0 unspecified atom stereocenters. The van der Waals surface area contributed by atoms with E-state index in [0.29, 0.717) is 11.1 Å². The second-order valence-corrected chi connectivity index (χ2v) is 27.6. The number of hydrogen-bond acceptors (Lipinski definition) is 6. The van der Waals surface area contributed by atoms with Gasteiger partial charge in [0.25, 0.3) is 0 Å². The van der Waals surface area contributed by atoms with Gasteiger partial charge >= 0.3 is 28.9 Å². The van der Waals surface area contributed by atoms with Crippen LogP contribution in [0, 0.1) is 0 Å². The van der Waals surface area contributed by atoms with E-state index < -0.39 is 33.8 Å². The normalized spacial score (nSPS) is 18.5. The molecular weight excluding hydrogens is 469 g/mol. The van der Waals surface area contributed by atoms with Crippen LogP contribution in [0.15, 0.2) is 60.7 Å². The fraction of sp³-hybridized carbons (Fsp3) is 0.364. The molecule has 1 fully saturated rings. The zero-order valence-corrected chi connectivity index (χ0v) is 24.3. The van der Waals surface area contributed by atoms with Crippen LogP contribution in [0.25, 0.3) is 0 Å². The zero-order valence-electron chi connectivity index (χ0n) is 20.3. The SMILES string of the molecule is C[Si](C)(OC(=O)c1ccccc1)N1[Si](C)(C)N([Si](C)(C)OC(=O)c2ccccc2)[Si]1(C)C. The van der Waals surface area contributed by atoms with Gasteiger partial charge in [0.2, 0.25) is 0 Å². The summed E-state index contributed by atoms with van der Waals surface area (Å²) in [6.45, 7) is 17.6. The van der Waals surface area contributed by atoms with Crippen molar-refractivity contribution in [1.29, 1.82) is 0 Å². The molecule has 2 aromatic rings. The van der Waals surface area contributed by atoms with E-state index in [-0.39, 0.29) is 11.9 Å². The second-order valence-electron chi connectivity index (χ2n) is 10.1. The molecule has 2 aromatic carbocycles. The molecule has 0 amide bonds.